The fourth-order valence-corrected chi connectivity index (χ4v) is 7.73. The topological polar surface area (TPSA) is 64.7 Å². The molecule has 0 unspecified atom stereocenters. The van der Waals surface area contributed by atoms with Crippen molar-refractivity contribution in [2.24, 2.45) is 0 Å². The van der Waals surface area contributed by atoms with Gasteiger partial charge in [0.1, 0.15) is 11.1 Å². The lowest BCUT2D eigenvalue weighted by molar-refractivity contribution is 0.619. The summed E-state index contributed by atoms with van der Waals surface area (Å²) >= 11 is 0. The van der Waals surface area contributed by atoms with E-state index in [2.05, 4.69) is 98.8 Å². The maximum atomic E-state index is 6.55. The standard InChI is InChI=1S/C47H32N4O/c1-47(2)37-19-11-9-17-35(37)39-40(47)43-42(36-18-10-12-20-38(36)52-43)48-41(39)31-25-21-29(22-26-31)30-23-27-34(28-24-30)46-50-44(32-13-5-3-6-14-32)49-45(51-46)33-15-7-4-8-16-33/h3-28H,1-2H3. The third-order valence-electron chi connectivity index (χ3n) is 10.3. The molecule has 0 fully saturated rings. The fourth-order valence-electron chi connectivity index (χ4n) is 7.73. The van der Waals surface area contributed by atoms with Crippen molar-refractivity contribution in [1.82, 2.24) is 19.9 Å². The monoisotopic (exact) mass is 668 g/mol. The highest BCUT2D eigenvalue weighted by molar-refractivity contribution is 6.09. The van der Waals surface area contributed by atoms with Gasteiger partial charge in [0.15, 0.2) is 23.1 Å². The SMILES string of the molecule is CC1(C)c2ccccc2-c2c(-c3ccc(-c4ccc(-c5nc(-c6ccccc6)nc(-c6ccccc6)n5)cc4)cc3)nc3c(oc4ccccc43)c21. The van der Waals surface area contributed by atoms with Crippen LogP contribution in [0.5, 0.6) is 0 Å². The Hall–Kier alpha value is -6.72. The molecule has 5 heteroatoms. The third-order valence-corrected chi connectivity index (χ3v) is 10.3. The van der Waals surface area contributed by atoms with E-state index in [1.807, 2.05) is 72.8 Å². The molecule has 1 aliphatic carbocycles. The quantitative estimate of drug-likeness (QED) is 0.183. The molecule has 3 heterocycles. The largest absolute Gasteiger partial charge is 0.454 e. The number of nitrogens with zero attached hydrogens (tertiary/aromatic N) is 4. The first-order chi connectivity index (χ1) is 25.5. The highest BCUT2D eigenvalue weighted by Crippen LogP contribution is 2.55. The molecule has 3 aromatic heterocycles. The molecular weight excluding hydrogens is 637 g/mol. The van der Waals surface area contributed by atoms with Gasteiger partial charge in [0.25, 0.3) is 0 Å². The summed E-state index contributed by atoms with van der Waals surface area (Å²) in [6.07, 6.45) is 0. The summed E-state index contributed by atoms with van der Waals surface area (Å²) in [6.45, 7) is 4.59. The maximum Gasteiger partial charge on any atom is 0.164 e. The van der Waals surface area contributed by atoms with Crippen molar-refractivity contribution < 1.29 is 4.42 Å². The predicted octanol–water partition coefficient (Wildman–Crippen LogP) is 11.8. The molecule has 246 valence electrons. The van der Waals surface area contributed by atoms with Crippen LogP contribution >= 0.6 is 0 Å². The van der Waals surface area contributed by atoms with Crippen molar-refractivity contribution in [2.45, 2.75) is 19.3 Å². The summed E-state index contributed by atoms with van der Waals surface area (Å²) in [5.74, 6) is 1.94. The molecular formula is C47H32N4O. The van der Waals surface area contributed by atoms with E-state index in [0.717, 1.165) is 66.7 Å². The zero-order valence-corrected chi connectivity index (χ0v) is 28.7. The molecule has 0 amide bonds. The van der Waals surface area contributed by atoms with Crippen molar-refractivity contribution in [3.63, 3.8) is 0 Å². The van der Waals surface area contributed by atoms with Gasteiger partial charge in [-0.2, -0.15) is 0 Å². The van der Waals surface area contributed by atoms with E-state index in [0.29, 0.717) is 17.5 Å². The van der Waals surface area contributed by atoms with E-state index in [1.54, 1.807) is 0 Å². The van der Waals surface area contributed by atoms with Crippen molar-refractivity contribution in [3.8, 4) is 67.7 Å². The number of furan rings is 1. The van der Waals surface area contributed by atoms with Crippen LogP contribution in [0, 0.1) is 0 Å². The second-order valence-electron chi connectivity index (χ2n) is 13.8. The molecule has 0 saturated heterocycles. The molecule has 0 saturated carbocycles. The van der Waals surface area contributed by atoms with Crippen LogP contribution in [0.2, 0.25) is 0 Å². The van der Waals surface area contributed by atoms with Gasteiger partial charge in [-0.25, -0.2) is 19.9 Å². The third kappa shape index (κ3) is 4.78. The number of para-hydroxylation sites is 1. The number of benzene rings is 6. The Morgan fingerprint density at radius 3 is 1.54 bits per heavy atom. The van der Waals surface area contributed by atoms with Crippen LogP contribution in [-0.2, 0) is 5.41 Å². The molecule has 0 atom stereocenters. The smallest absolute Gasteiger partial charge is 0.164 e. The van der Waals surface area contributed by atoms with Crippen molar-refractivity contribution >= 4 is 22.1 Å². The number of pyridine rings is 1. The first-order valence-electron chi connectivity index (χ1n) is 17.6. The van der Waals surface area contributed by atoms with E-state index < -0.39 is 0 Å². The number of fused-ring (bicyclic) bond motifs is 7. The number of aromatic nitrogens is 4. The molecule has 0 N–H and O–H groups in total. The van der Waals surface area contributed by atoms with Gasteiger partial charge in [0.2, 0.25) is 0 Å². The zero-order chi connectivity index (χ0) is 34.8. The fraction of sp³-hybridized carbons (Fsp3) is 0.0638. The van der Waals surface area contributed by atoms with Gasteiger partial charge in [-0.3, -0.25) is 0 Å². The van der Waals surface area contributed by atoms with Gasteiger partial charge < -0.3 is 4.42 Å². The van der Waals surface area contributed by atoms with Gasteiger partial charge in [0, 0.05) is 44.2 Å². The Kier molecular flexibility index (Phi) is 6.77. The van der Waals surface area contributed by atoms with Gasteiger partial charge in [0.05, 0.1) is 5.69 Å². The average molecular weight is 669 g/mol. The van der Waals surface area contributed by atoms with Gasteiger partial charge in [-0.15, -0.1) is 0 Å². The zero-order valence-electron chi connectivity index (χ0n) is 28.7. The Morgan fingerprint density at radius 2 is 0.923 bits per heavy atom. The van der Waals surface area contributed by atoms with Crippen LogP contribution in [0.4, 0.5) is 0 Å². The first-order valence-corrected chi connectivity index (χ1v) is 17.6. The summed E-state index contributed by atoms with van der Waals surface area (Å²) in [5, 5.41) is 1.04. The molecule has 6 aromatic carbocycles. The normalized spacial score (nSPS) is 13.0. The van der Waals surface area contributed by atoms with Gasteiger partial charge in [-0.1, -0.05) is 159 Å². The lowest BCUT2D eigenvalue weighted by Gasteiger charge is -2.21. The molecule has 0 radical (unpaired) electrons. The molecule has 52 heavy (non-hydrogen) atoms. The molecule has 1 aliphatic rings. The summed E-state index contributed by atoms with van der Waals surface area (Å²) in [6, 6.07) is 54.2. The van der Waals surface area contributed by atoms with E-state index in [-0.39, 0.29) is 5.41 Å². The molecule has 9 aromatic rings. The first kappa shape index (κ1) is 30.1. The lowest BCUT2D eigenvalue weighted by atomic mass is 9.82. The van der Waals surface area contributed by atoms with Gasteiger partial charge >= 0.3 is 0 Å². The second kappa shape index (κ2) is 11.7. The van der Waals surface area contributed by atoms with Crippen LogP contribution in [0.25, 0.3) is 89.7 Å². The van der Waals surface area contributed by atoms with E-state index in [4.69, 9.17) is 24.4 Å². The highest BCUT2D eigenvalue weighted by Gasteiger charge is 2.41. The van der Waals surface area contributed by atoms with E-state index >= 15 is 0 Å². The Bertz CT molecular complexity index is 2730. The minimum absolute atomic E-state index is 0.236. The Balaban J connectivity index is 1.04. The van der Waals surface area contributed by atoms with Crippen molar-refractivity contribution in [1.29, 1.82) is 0 Å². The highest BCUT2D eigenvalue weighted by atomic mass is 16.3. The Morgan fingerprint density at radius 1 is 0.442 bits per heavy atom. The molecule has 0 aliphatic heterocycles. The summed E-state index contributed by atoms with van der Waals surface area (Å²) in [4.78, 5) is 20.0. The van der Waals surface area contributed by atoms with Crippen LogP contribution in [-0.4, -0.2) is 19.9 Å². The van der Waals surface area contributed by atoms with Crippen LogP contribution < -0.4 is 0 Å². The van der Waals surface area contributed by atoms with Crippen LogP contribution in [0.15, 0.2) is 162 Å². The van der Waals surface area contributed by atoms with Crippen molar-refractivity contribution in [2.75, 3.05) is 0 Å². The molecule has 5 nitrogen and oxygen atoms in total. The molecule has 0 bridgehead atoms. The number of hydrogen-bond donors (Lipinski definition) is 0. The minimum Gasteiger partial charge on any atom is -0.454 e. The summed E-state index contributed by atoms with van der Waals surface area (Å²) < 4.78 is 6.55. The summed E-state index contributed by atoms with van der Waals surface area (Å²) in [7, 11) is 0. The van der Waals surface area contributed by atoms with E-state index in [1.165, 1.54) is 16.7 Å². The average Bonchev–Trinajstić information content (AvgIpc) is 3.70. The maximum absolute atomic E-state index is 6.55. The van der Waals surface area contributed by atoms with Crippen molar-refractivity contribution in [3.05, 3.63) is 169 Å². The lowest BCUT2D eigenvalue weighted by Crippen LogP contribution is -2.15. The summed E-state index contributed by atoms with van der Waals surface area (Å²) in [5.41, 5.74) is 14.4. The predicted molar refractivity (Wildman–Crippen MR) is 210 cm³/mol. The van der Waals surface area contributed by atoms with Crippen LogP contribution in [0.1, 0.15) is 25.0 Å². The van der Waals surface area contributed by atoms with Gasteiger partial charge in [-0.05, 0) is 34.4 Å². The molecule has 0 spiro atoms. The number of rotatable bonds is 5. The molecule has 10 rings (SSSR count). The van der Waals surface area contributed by atoms with E-state index in [9.17, 15) is 0 Å². The Labute approximate surface area is 301 Å². The number of hydrogen-bond acceptors (Lipinski definition) is 5. The minimum atomic E-state index is -0.236. The van der Waals surface area contributed by atoms with Crippen LogP contribution in [0.3, 0.4) is 0 Å². The second-order valence-corrected chi connectivity index (χ2v) is 13.8.